The highest BCUT2D eigenvalue weighted by molar-refractivity contribution is 5.63. The summed E-state index contributed by atoms with van der Waals surface area (Å²) in [5, 5.41) is 12.4. The second-order valence-electron chi connectivity index (χ2n) is 5.26. The fourth-order valence-electron chi connectivity index (χ4n) is 2.31. The molecule has 0 amide bonds. The molecule has 1 heterocycles. The minimum absolute atomic E-state index is 0.370. The molecule has 0 aliphatic rings. The second-order valence-corrected chi connectivity index (χ2v) is 5.26. The molecule has 4 heteroatoms. The first kappa shape index (κ1) is 15.1. The maximum Gasteiger partial charge on any atom is 0.226 e. The van der Waals surface area contributed by atoms with Crippen LogP contribution in [0.2, 0.25) is 0 Å². The Labute approximate surface area is 134 Å². The van der Waals surface area contributed by atoms with E-state index in [0.29, 0.717) is 18.8 Å². The smallest absolute Gasteiger partial charge is 0.226 e. The van der Waals surface area contributed by atoms with Gasteiger partial charge in [-0.15, -0.1) is 0 Å². The van der Waals surface area contributed by atoms with E-state index >= 15 is 0 Å². The molecular formula is C19H17NO3. The highest BCUT2D eigenvalue weighted by Crippen LogP contribution is 2.19. The zero-order chi connectivity index (χ0) is 16.1. The van der Waals surface area contributed by atoms with Gasteiger partial charge in [0.1, 0.15) is 12.0 Å². The van der Waals surface area contributed by atoms with E-state index in [1.165, 1.54) is 17.2 Å². The van der Waals surface area contributed by atoms with Crippen molar-refractivity contribution in [3.8, 4) is 16.9 Å². The van der Waals surface area contributed by atoms with Crippen LogP contribution >= 0.6 is 0 Å². The lowest BCUT2D eigenvalue weighted by Gasteiger charge is -2.06. The maximum absolute atomic E-state index is 11.3. The van der Waals surface area contributed by atoms with Crippen LogP contribution in [0, 0.1) is 0 Å². The molecule has 0 atom stereocenters. The van der Waals surface area contributed by atoms with Crippen LogP contribution in [-0.4, -0.2) is 5.11 Å². The van der Waals surface area contributed by atoms with Crippen LogP contribution in [0.5, 0.6) is 5.75 Å². The summed E-state index contributed by atoms with van der Waals surface area (Å²) in [6, 6.07) is 19.8. The third-order valence-electron chi connectivity index (χ3n) is 3.56. The number of hydrogen-bond acceptors (Lipinski definition) is 4. The lowest BCUT2D eigenvalue weighted by molar-refractivity contribution is 0.405. The molecule has 0 spiro atoms. The molecule has 23 heavy (non-hydrogen) atoms. The van der Waals surface area contributed by atoms with Gasteiger partial charge in [0, 0.05) is 12.6 Å². The van der Waals surface area contributed by atoms with Gasteiger partial charge in [-0.3, -0.25) is 4.79 Å². The zero-order valence-electron chi connectivity index (χ0n) is 12.5. The topological polar surface area (TPSA) is 62.5 Å². The van der Waals surface area contributed by atoms with Gasteiger partial charge >= 0.3 is 0 Å². The van der Waals surface area contributed by atoms with Crippen LogP contribution in [0.15, 0.2) is 76.1 Å². The number of rotatable bonds is 5. The van der Waals surface area contributed by atoms with Gasteiger partial charge in [-0.05, 0) is 16.7 Å². The molecule has 2 aromatic carbocycles. The third kappa shape index (κ3) is 3.87. The summed E-state index contributed by atoms with van der Waals surface area (Å²) in [6.07, 6.45) is 1.06. The van der Waals surface area contributed by atoms with Gasteiger partial charge in [0.15, 0.2) is 5.75 Å². The summed E-state index contributed by atoms with van der Waals surface area (Å²) in [5.74, 6) is 0.124. The van der Waals surface area contributed by atoms with E-state index in [0.717, 1.165) is 11.8 Å². The predicted octanol–water partition coefficient (Wildman–Crippen LogP) is 3.30. The number of hydrogen-bond donors (Lipinski definition) is 2. The van der Waals surface area contributed by atoms with Gasteiger partial charge in [-0.25, -0.2) is 0 Å². The van der Waals surface area contributed by atoms with Gasteiger partial charge in [-0.1, -0.05) is 54.6 Å². The largest absolute Gasteiger partial charge is 0.502 e. The standard InChI is InChI=1S/C19H17NO3/c21-18-10-17(23-13-19(18)22)12-20-11-14-6-8-16(9-7-14)15-4-2-1-3-5-15/h1-10,13,20,22H,11-12H2. The molecule has 0 aliphatic heterocycles. The van der Waals surface area contributed by atoms with Crippen molar-refractivity contribution >= 4 is 0 Å². The summed E-state index contributed by atoms with van der Waals surface area (Å²) >= 11 is 0. The van der Waals surface area contributed by atoms with Crippen LogP contribution in [-0.2, 0) is 13.1 Å². The van der Waals surface area contributed by atoms with Gasteiger partial charge in [0.05, 0.1) is 6.54 Å². The Morgan fingerprint density at radius 2 is 1.61 bits per heavy atom. The lowest BCUT2D eigenvalue weighted by atomic mass is 10.0. The second kappa shape index (κ2) is 6.94. The predicted molar refractivity (Wildman–Crippen MR) is 89.1 cm³/mol. The monoisotopic (exact) mass is 307 g/mol. The first-order chi connectivity index (χ1) is 11.2. The number of benzene rings is 2. The van der Waals surface area contributed by atoms with Crippen molar-refractivity contribution in [2.45, 2.75) is 13.1 Å². The molecule has 0 unspecified atom stereocenters. The van der Waals surface area contributed by atoms with Crippen LogP contribution in [0.3, 0.4) is 0 Å². The molecule has 2 N–H and O–H groups in total. The summed E-state index contributed by atoms with van der Waals surface area (Å²) in [5.41, 5.74) is 3.09. The van der Waals surface area contributed by atoms with E-state index in [1.54, 1.807) is 0 Å². The highest BCUT2D eigenvalue weighted by Gasteiger charge is 2.02. The van der Waals surface area contributed by atoms with Gasteiger partial charge in [0.25, 0.3) is 0 Å². The fourth-order valence-corrected chi connectivity index (χ4v) is 2.31. The van der Waals surface area contributed by atoms with Crippen LogP contribution < -0.4 is 10.7 Å². The first-order valence-electron chi connectivity index (χ1n) is 7.38. The van der Waals surface area contributed by atoms with E-state index in [9.17, 15) is 4.79 Å². The molecule has 0 radical (unpaired) electrons. The highest BCUT2D eigenvalue weighted by atomic mass is 16.4. The molecule has 4 nitrogen and oxygen atoms in total. The molecule has 0 aliphatic carbocycles. The zero-order valence-corrected chi connectivity index (χ0v) is 12.5. The Morgan fingerprint density at radius 3 is 2.30 bits per heavy atom. The summed E-state index contributed by atoms with van der Waals surface area (Å²) in [7, 11) is 0. The van der Waals surface area contributed by atoms with E-state index in [4.69, 9.17) is 9.52 Å². The molecule has 0 saturated carbocycles. The third-order valence-corrected chi connectivity index (χ3v) is 3.56. The van der Waals surface area contributed by atoms with E-state index < -0.39 is 5.43 Å². The summed E-state index contributed by atoms with van der Waals surface area (Å²) in [4.78, 5) is 11.3. The van der Waals surface area contributed by atoms with Crippen molar-refractivity contribution in [1.29, 1.82) is 0 Å². The molecule has 3 rings (SSSR count). The summed E-state index contributed by atoms with van der Waals surface area (Å²) in [6.45, 7) is 1.09. The minimum atomic E-state index is -0.430. The SMILES string of the molecule is O=c1cc(CNCc2ccc(-c3ccccc3)cc2)occ1O. The van der Waals surface area contributed by atoms with Crippen LogP contribution in [0.1, 0.15) is 11.3 Å². The van der Waals surface area contributed by atoms with Crippen molar-refractivity contribution in [2.24, 2.45) is 0 Å². The Balaban J connectivity index is 1.58. The fraction of sp³-hybridized carbons (Fsp3) is 0.105. The summed E-state index contributed by atoms with van der Waals surface area (Å²) < 4.78 is 5.14. The van der Waals surface area contributed by atoms with Crippen molar-refractivity contribution in [1.82, 2.24) is 5.32 Å². The molecule has 0 bridgehead atoms. The van der Waals surface area contributed by atoms with Gasteiger partial charge in [-0.2, -0.15) is 0 Å². The minimum Gasteiger partial charge on any atom is -0.502 e. The molecule has 116 valence electrons. The Morgan fingerprint density at radius 1 is 0.913 bits per heavy atom. The van der Waals surface area contributed by atoms with Crippen molar-refractivity contribution in [2.75, 3.05) is 0 Å². The van der Waals surface area contributed by atoms with Crippen molar-refractivity contribution < 1.29 is 9.52 Å². The Kier molecular flexibility index (Phi) is 4.54. The van der Waals surface area contributed by atoms with Gasteiger partial charge in [0.2, 0.25) is 5.43 Å². The van der Waals surface area contributed by atoms with Crippen LogP contribution in [0.25, 0.3) is 11.1 Å². The van der Waals surface area contributed by atoms with E-state index in [1.807, 2.05) is 18.2 Å². The van der Waals surface area contributed by atoms with E-state index in [2.05, 4.69) is 41.7 Å². The van der Waals surface area contributed by atoms with Gasteiger partial charge < -0.3 is 14.8 Å². The van der Waals surface area contributed by atoms with E-state index in [-0.39, 0.29) is 5.75 Å². The first-order valence-corrected chi connectivity index (χ1v) is 7.38. The number of aromatic hydroxyl groups is 1. The molecule has 0 saturated heterocycles. The van der Waals surface area contributed by atoms with Crippen molar-refractivity contribution in [3.63, 3.8) is 0 Å². The van der Waals surface area contributed by atoms with Crippen LogP contribution in [0.4, 0.5) is 0 Å². The lowest BCUT2D eigenvalue weighted by Crippen LogP contribution is -2.14. The average molecular weight is 307 g/mol. The Bertz CT molecular complexity index is 823. The normalized spacial score (nSPS) is 10.6. The number of nitrogens with one attached hydrogen (secondary N) is 1. The quantitative estimate of drug-likeness (QED) is 0.759. The Hall–Kier alpha value is -2.85. The maximum atomic E-state index is 11.3. The molecule has 1 aromatic heterocycles. The average Bonchev–Trinajstić information content (AvgIpc) is 2.59. The van der Waals surface area contributed by atoms with Crippen molar-refractivity contribution in [3.05, 3.63) is 88.5 Å². The molecule has 0 fully saturated rings. The molecular weight excluding hydrogens is 290 g/mol. The molecule has 3 aromatic rings.